The number of esters is 2. The third-order valence-corrected chi connectivity index (χ3v) is 14.4. The van der Waals surface area contributed by atoms with Gasteiger partial charge < -0.3 is 14.6 Å². The zero-order chi connectivity index (χ0) is 47.1. The molecular weight excluding hydrogens is 805 g/mol. The Hall–Kier alpha value is -1.44. The van der Waals surface area contributed by atoms with Gasteiger partial charge in [0.25, 0.3) is 0 Å². The number of aliphatic hydroxyl groups excluding tert-OH is 1. The lowest BCUT2D eigenvalue weighted by atomic mass is 9.91. The lowest BCUT2D eigenvalue weighted by molar-refractivity contribution is -0.146. The molecule has 7 nitrogen and oxygen atoms in total. The maximum Gasteiger partial charge on any atom is 0.305 e. The van der Waals surface area contributed by atoms with E-state index in [9.17, 15) is 14.7 Å². The Bertz CT molecular complexity index is 1020. The highest BCUT2D eigenvalue weighted by molar-refractivity contribution is 5.69. The SMILES string of the molecule is CCCCCCCCC(CCCCCCCC)COC(=O)CCCCCN(C/C=C/CN(CCCCCC(=O)OCC(CCCCCCCC)CCCCCCCC)C1CCC1)CCO. The van der Waals surface area contributed by atoms with Crippen molar-refractivity contribution in [3.63, 3.8) is 0 Å². The van der Waals surface area contributed by atoms with Crippen molar-refractivity contribution in [1.29, 1.82) is 0 Å². The minimum atomic E-state index is -0.0223. The van der Waals surface area contributed by atoms with Crippen molar-refractivity contribution >= 4 is 11.9 Å². The van der Waals surface area contributed by atoms with E-state index < -0.39 is 0 Å². The van der Waals surface area contributed by atoms with Gasteiger partial charge in [-0.15, -0.1) is 0 Å². The van der Waals surface area contributed by atoms with E-state index in [0.29, 0.717) is 50.5 Å². The van der Waals surface area contributed by atoms with E-state index in [2.05, 4.69) is 49.6 Å². The molecule has 0 amide bonds. The van der Waals surface area contributed by atoms with Crippen LogP contribution in [0.3, 0.4) is 0 Å². The van der Waals surface area contributed by atoms with Crippen LogP contribution in [0.2, 0.25) is 0 Å². The number of rotatable bonds is 51. The summed E-state index contributed by atoms with van der Waals surface area (Å²) in [5.41, 5.74) is 0. The fourth-order valence-electron chi connectivity index (χ4n) is 9.63. The zero-order valence-corrected chi connectivity index (χ0v) is 44.1. The third kappa shape index (κ3) is 39.1. The summed E-state index contributed by atoms with van der Waals surface area (Å²) in [6.07, 6.45) is 52.1. The molecule has 0 atom stereocenters. The van der Waals surface area contributed by atoms with E-state index in [0.717, 1.165) is 64.7 Å². The monoisotopic (exact) mass is 917 g/mol. The number of carbonyl (C=O) groups excluding carboxylic acids is 2. The maximum absolute atomic E-state index is 12.8. The van der Waals surface area contributed by atoms with Gasteiger partial charge in [0.15, 0.2) is 0 Å². The second-order valence-corrected chi connectivity index (χ2v) is 20.5. The molecule has 0 radical (unpaired) electrons. The van der Waals surface area contributed by atoms with Crippen LogP contribution in [0.5, 0.6) is 0 Å². The van der Waals surface area contributed by atoms with Crippen LogP contribution in [-0.2, 0) is 19.1 Å². The largest absolute Gasteiger partial charge is 0.465 e. The first-order valence-electron chi connectivity index (χ1n) is 29.0. The minimum Gasteiger partial charge on any atom is -0.465 e. The van der Waals surface area contributed by atoms with E-state index in [1.807, 2.05) is 0 Å². The van der Waals surface area contributed by atoms with Crippen molar-refractivity contribution < 1.29 is 24.2 Å². The molecule has 1 rings (SSSR count). The molecule has 65 heavy (non-hydrogen) atoms. The average molecular weight is 918 g/mol. The van der Waals surface area contributed by atoms with Gasteiger partial charge in [-0.3, -0.25) is 19.4 Å². The number of carbonyl (C=O) groups is 2. The number of aliphatic hydroxyl groups is 1. The average Bonchev–Trinajstić information content (AvgIpc) is 3.28. The van der Waals surface area contributed by atoms with Crippen LogP contribution in [0, 0.1) is 11.8 Å². The first-order chi connectivity index (χ1) is 32.0. The Morgan fingerprint density at radius 2 is 0.846 bits per heavy atom. The molecule has 0 bridgehead atoms. The molecule has 1 aliphatic carbocycles. The molecule has 1 saturated carbocycles. The van der Waals surface area contributed by atoms with Gasteiger partial charge >= 0.3 is 11.9 Å². The summed E-state index contributed by atoms with van der Waals surface area (Å²) in [5, 5.41) is 9.77. The van der Waals surface area contributed by atoms with Gasteiger partial charge in [-0.2, -0.15) is 0 Å². The molecular formula is C58H112N2O5. The molecule has 0 aromatic rings. The molecule has 384 valence electrons. The summed E-state index contributed by atoms with van der Waals surface area (Å²) in [4.78, 5) is 30.5. The molecule has 1 fully saturated rings. The van der Waals surface area contributed by atoms with Crippen LogP contribution in [-0.4, -0.2) is 85.4 Å². The molecule has 0 spiro atoms. The highest BCUT2D eigenvalue weighted by Gasteiger charge is 2.23. The van der Waals surface area contributed by atoms with Crippen LogP contribution in [0.4, 0.5) is 0 Å². The Labute approximate surface area is 405 Å². The highest BCUT2D eigenvalue weighted by Crippen LogP contribution is 2.26. The Balaban J connectivity index is 2.36. The van der Waals surface area contributed by atoms with Gasteiger partial charge in [0, 0.05) is 38.5 Å². The smallest absolute Gasteiger partial charge is 0.305 e. The lowest BCUT2D eigenvalue weighted by Crippen LogP contribution is -2.40. The summed E-state index contributed by atoms with van der Waals surface area (Å²) in [5.74, 6) is 1.03. The van der Waals surface area contributed by atoms with Crippen molar-refractivity contribution in [3.05, 3.63) is 12.2 Å². The van der Waals surface area contributed by atoms with Crippen LogP contribution >= 0.6 is 0 Å². The van der Waals surface area contributed by atoms with E-state index in [-0.39, 0.29) is 18.5 Å². The van der Waals surface area contributed by atoms with E-state index >= 15 is 0 Å². The van der Waals surface area contributed by atoms with Crippen molar-refractivity contribution in [1.82, 2.24) is 9.80 Å². The molecule has 0 unspecified atom stereocenters. The number of nitrogens with zero attached hydrogens (tertiary/aromatic N) is 2. The van der Waals surface area contributed by atoms with Gasteiger partial charge in [-0.25, -0.2) is 0 Å². The lowest BCUT2D eigenvalue weighted by Gasteiger charge is -2.37. The van der Waals surface area contributed by atoms with Crippen LogP contribution in [0.1, 0.15) is 278 Å². The Morgan fingerprint density at radius 1 is 0.477 bits per heavy atom. The molecule has 0 heterocycles. The van der Waals surface area contributed by atoms with Gasteiger partial charge in [0.05, 0.1) is 19.8 Å². The second-order valence-electron chi connectivity index (χ2n) is 20.5. The van der Waals surface area contributed by atoms with Crippen molar-refractivity contribution in [2.45, 2.75) is 284 Å². The number of hydrogen-bond donors (Lipinski definition) is 1. The number of ether oxygens (including phenoxy) is 2. The van der Waals surface area contributed by atoms with E-state index in [1.54, 1.807) is 0 Å². The quantitative estimate of drug-likeness (QED) is 0.0370. The first kappa shape index (κ1) is 61.6. The Morgan fingerprint density at radius 3 is 1.23 bits per heavy atom. The fourth-order valence-corrected chi connectivity index (χ4v) is 9.63. The Kier molecular flexibility index (Phi) is 45.1. The molecule has 1 aliphatic rings. The molecule has 0 aliphatic heterocycles. The normalized spacial score (nSPS) is 13.3. The van der Waals surface area contributed by atoms with Crippen LogP contribution in [0.25, 0.3) is 0 Å². The number of unbranched alkanes of at least 4 members (excludes halogenated alkanes) is 24. The standard InChI is InChI=1S/C58H112N2O5/c1-5-9-13-17-21-27-38-54(39-28-22-18-14-10-6-2)52-64-57(62)44-31-25-33-46-59(50-51-61)47-35-36-49-60(56-42-37-43-56)48-34-26-32-45-58(63)65-53-55(40-29-23-19-15-11-7-3)41-30-24-20-16-12-8-4/h35-36,54-56,61H,5-34,37-53H2,1-4H3/b36-35+. The molecule has 1 N–H and O–H groups in total. The number of hydrogen-bond acceptors (Lipinski definition) is 7. The molecule has 0 aromatic heterocycles. The summed E-state index contributed by atoms with van der Waals surface area (Å²) in [6.45, 7) is 15.0. The first-order valence-corrected chi connectivity index (χ1v) is 29.0. The van der Waals surface area contributed by atoms with E-state index in [4.69, 9.17) is 9.47 Å². The predicted molar refractivity (Wildman–Crippen MR) is 280 cm³/mol. The summed E-state index contributed by atoms with van der Waals surface area (Å²) < 4.78 is 11.8. The highest BCUT2D eigenvalue weighted by atomic mass is 16.5. The summed E-state index contributed by atoms with van der Waals surface area (Å²) in [6, 6.07) is 0.687. The van der Waals surface area contributed by atoms with Crippen molar-refractivity contribution in [2.75, 3.05) is 52.5 Å². The van der Waals surface area contributed by atoms with Crippen molar-refractivity contribution in [3.8, 4) is 0 Å². The van der Waals surface area contributed by atoms with Crippen LogP contribution < -0.4 is 0 Å². The fraction of sp³-hybridized carbons (Fsp3) is 0.931. The second kappa shape index (κ2) is 47.6. The molecule has 0 aromatic carbocycles. The van der Waals surface area contributed by atoms with Gasteiger partial charge in [0.2, 0.25) is 0 Å². The summed E-state index contributed by atoms with van der Waals surface area (Å²) in [7, 11) is 0. The van der Waals surface area contributed by atoms with Gasteiger partial charge in [-0.1, -0.05) is 213 Å². The molecule has 0 saturated heterocycles. The minimum absolute atomic E-state index is 0.00555. The third-order valence-electron chi connectivity index (χ3n) is 14.4. The zero-order valence-electron chi connectivity index (χ0n) is 44.1. The topological polar surface area (TPSA) is 79.3 Å². The van der Waals surface area contributed by atoms with Gasteiger partial charge in [-0.05, 0) is 89.1 Å². The predicted octanol–water partition coefficient (Wildman–Crippen LogP) is 16.1. The van der Waals surface area contributed by atoms with E-state index in [1.165, 1.54) is 199 Å². The molecule has 7 heteroatoms. The van der Waals surface area contributed by atoms with Crippen LogP contribution in [0.15, 0.2) is 12.2 Å². The summed E-state index contributed by atoms with van der Waals surface area (Å²) >= 11 is 0. The van der Waals surface area contributed by atoms with Gasteiger partial charge in [0.1, 0.15) is 0 Å². The van der Waals surface area contributed by atoms with Crippen molar-refractivity contribution in [2.24, 2.45) is 11.8 Å². The maximum atomic E-state index is 12.8.